The average Bonchev–Trinajstić information content (AvgIpc) is 3.20. The Balaban J connectivity index is 1.40. The number of carbonyl (C=O) groups excluding carboxylic acids is 1. The van der Waals surface area contributed by atoms with Gasteiger partial charge in [-0.15, -0.1) is 0 Å². The zero-order valence-electron chi connectivity index (χ0n) is 15.3. The van der Waals surface area contributed by atoms with Gasteiger partial charge in [0.15, 0.2) is 5.82 Å². The second kappa shape index (κ2) is 7.06. The number of aromatic nitrogens is 2. The van der Waals surface area contributed by atoms with Gasteiger partial charge in [0.1, 0.15) is 12.2 Å². The molecule has 1 aromatic carbocycles. The molecule has 1 N–H and O–H groups in total. The molecule has 0 radical (unpaired) electrons. The minimum absolute atomic E-state index is 0.263. The fourth-order valence-electron chi connectivity index (χ4n) is 3.41. The van der Waals surface area contributed by atoms with Gasteiger partial charge in [-0.25, -0.2) is 9.18 Å². The maximum atomic E-state index is 13.2. The molecule has 2 fully saturated rings. The van der Waals surface area contributed by atoms with Gasteiger partial charge < -0.3 is 14.7 Å². The van der Waals surface area contributed by atoms with Crippen molar-refractivity contribution in [3.63, 3.8) is 0 Å². The van der Waals surface area contributed by atoms with E-state index in [2.05, 4.69) is 15.5 Å². The zero-order chi connectivity index (χ0) is 19.9. The van der Waals surface area contributed by atoms with Gasteiger partial charge in [0.2, 0.25) is 5.89 Å². The monoisotopic (exact) mass is 403 g/mol. The Morgan fingerprint density at radius 2 is 2.18 bits per heavy atom. The molecule has 2 heterocycles. The number of nitriles is 1. The second-order valence-corrected chi connectivity index (χ2v) is 7.97. The summed E-state index contributed by atoms with van der Waals surface area (Å²) in [4.78, 5) is 18.7. The third-order valence-corrected chi connectivity index (χ3v) is 5.85. The van der Waals surface area contributed by atoms with Gasteiger partial charge in [0.25, 0.3) is 0 Å². The van der Waals surface area contributed by atoms with Crippen molar-refractivity contribution in [2.75, 3.05) is 18.4 Å². The van der Waals surface area contributed by atoms with Crippen molar-refractivity contribution in [3.05, 3.63) is 40.5 Å². The number of halogens is 2. The van der Waals surface area contributed by atoms with E-state index < -0.39 is 6.17 Å². The number of carbonyl (C=O) groups is 1. The lowest BCUT2D eigenvalue weighted by Crippen LogP contribution is -2.46. The highest BCUT2D eigenvalue weighted by molar-refractivity contribution is 6.34. The average molecular weight is 404 g/mol. The summed E-state index contributed by atoms with van der Waals surface area (Å²) >= 11 is 6.12. The van der Waals surface area contributed by atoms with Gasteiger partial charge in [-0.05, 0) is 31.4 Å². The first kappa shape index (κ1) is 18.7. The molecule has 0 bridgehead atoms. The van der Waals surface area contributed by atoms with Crippen LogP contribution < -0.4 is 5.32 Å². The summed E-state index contributed by atoms with van der Waals surface area (Å²) < 4.78 is 18.4. The molecule has 0 unspecified atom stereocenters. The van der Waals surface area contributed by atoms with Gasteiger partial charge in [0.05, 0.1) is 22.2 Å². The molecule has 4 rings (SSSR count). The molecule has 146 valence electrons. The van der Waals surface area contributed by atoms with Crippen LogP contribution in [0.2, 0.25) is 5.02 Å². The number of benzene rings is 1. The molecule has 9 heteroatoms. The largest absolute Gasteiger partial charge is 0.339 e. The number of para-hydroxylation sites is 1. The third-order valence-electron chi connectivity index (χ3n) is 5.53. The lowest BCUT2D eigenvalue weighted by atomic mass is 9.80. The molecular weight excluding hydrogens is 385 g/mol. The number of rotatable bonds is 3. The number of likely N-dealkylation sites (tertiary alicyclic amines) is 1. The van der Waals surface area contributed by atoms with Crippen molar-refractivity contribution < 1.29 is 13.7 Å². The smallest absolute Gasteiger partial charge is 0.321 e. The van der Waals surface area contributed by atoms with Crippen LogP contribution in [0.1, 0.15) is 49.4 Å². The SMILES string of the molecule is CC1(c2noc([C@@H]3C[C@@H]3F)n2)CCN(C(=O)Nc2c(Cl)cccc2C#N)CC1. The summed E-state index contributed by atoms with van der Waals surface area (Å²) in [5.41, 5.74) is 0.299. The summed E-state index contributed by atoms with van der Waals surface area (Å²) in [7, 11) is 0. The van der Waals surface area contributed by atoms with Crippen LogP contribution in [0.5, 0.6) is 0 Å². The molecule has 1 aliphatic carbocycles. The molecule has 1 aliphatic heterocycles. The van der Waals surface area contributed by atoms with Gasteiger partial charge in [0, 0.05) is 18.5 Å². The molecule has 2 aromatic rings. The standard InChI is InChI=1S/C19H19ClFN5O2/c1-19(17-24-16(28-25-17)12-9-14(12)21)5-7-26(8-6-19)18(27)23-15-11(10-22)3-2-4-13(15)20/h2-4,12,14H,5-9H2,1H3,(H,23,27)/t12-,14+/m1/s1. The van der Waals surface area contributed by atoms with E-state index in [1.807, 2.05) is 13.0 Å². The van der Waals surface area contributed by atoms with Gasteiger partial charge in [-0.2, -0.15) is 10.2 Å². The first-order valence-corrected chi connectivity index (χ1v) is 9.52. The highest BCUT2D eigenvalue weighted by Gasteiger charge is 2.45. The summed E-state index contributed by atoms with van der Waals surface area (Å²) in [6, 6.07) is 6.61. The summed E-state index contributed by atoms with van der Waals surface area (Å²) in [5.74, 6) is 0.673. The van der Waals surface area contributed by atoms with E-state index >= 15 is 0 Å². The van der Waals surface area contributed by atoms with Crippen LogP contribution in [0, 0.1) is 11.3 Å². The molecule has 1 aromatic heterocycles. The number of hydrogen-bond acceptors (Lipinski definition) is 5. The van der Waals surface area contributed by atoms with Crippen molar-refractivity contribution in [1.82, 2.24) is 15.0 Å². The van der Waals surface area contributed by atoms with Gasteiger partial charge in [-0.1, -0.05) is 29.7 Å². The summed E-state index contributed by atoms with van der Waals surface area (Å²) in [6.07, 6.45) is 0.863. The Labute approximate surface area is 166 Å². The normalized spacial score (nSPS) is 23.1. The van der Waals surface area contributed by atoms with E-state index in [9.17, 15) is 14.4 Å². The van der Waals surface area contributed by atoms with E-state index in [1.165, 1.54) is 0 Å². The van der Waals surface area contributed by atoms with Crippen LogP contribution in [-0.2, 0) is 5.41 Å². The lowest BCUT2D eigenvalue weighted by molar-refractivity contribution is 0.169. The molecule has 7 nitrogen and oxygen atoms in total. The van der Waals surface area contributed by atoms with Crippen LogP contribution in [0.3, 0.4) is 0 Å². The Kier molecular flexibility index (Phi) is 4.71. The van der Waals surface area contributed by atoms with E-state index in [0.29, 0.717) is 60.3 Å². The molecule has 1 saturated heterocycles. The van der Waals surface area contributed by atoms with Crippen molar-refractivity contribution in [2.24, 2.45) is 0 Å². The van der Waals surface area contributed by atoms with Crippen LogP contribution in [0.15, 0.2) is 22.7 Å². The third kappa shape index (κ3) is 3.42. The molecule has 2 aliphatic rings. The number of amides is 2. The molecule has 0 spiro atoms. The topological polar surface area (TPSA) is 95.1 Å². The molecule has 2 amide bonds. The van der Waals surface area contributed by atoms with E-state index in [-0.39, 0.29) is 17.4 Å². The van der Waals surface area contributed by atoms with Crippen molar-refractivity contribution in [3.8, 4) is 6.07 Å². The maximum Gasteiger partial charge on any atom is 0.321 e. The lowest BCUT2D eigenvalue weighted by Gasteiger charge is -2.37. The molecule has 1 saturated carbocycles. The predicted molar refractivity (Wildman–Crippen MR) is 99.9 cm³/mol. The minimum atomic E-state index is -0.880. The fraction of sp³-hybridized carbons (Fsp3) is 0.474. The van der Waals surface area contributed by atoms with Crippen LogP contribution in [0.25, 0.3) is 0 Å². The summed E-state index contributed by atoms with van der Waals surface area (Å²) in [6.45, 7) is 3.01. The molecule has 28 heavy (non-hydrogen) atoms. The second-order valence-electron chi connectivity index (χ2n) is 7.57. The quantitative estimate of drug-likeness (QED) is 0.835. The molecular formula is C19H19ClFN5O2. The van der Waals surface area contributed by atoms with Gasteiger partial charge >= 0.3 is 6.03 Å². The Bertz CT molecular complexity index is 948. The number of urea groups is 1. The highest BCUT2D eigenvalue weighted by atomic mass is 35.5. The molecule has 2 atom stereocenters. The summed E-state index contributed by atoms with van der Waals surface area (Å²) in [5, 5.41) is 16.3. The van der Waals surface area contributed by atoms with E-state index in [0.717, 1.165) is 0 Å². The van der Waals surface area contributed by atoms with Gasteiger partial charge in [-0.3, -0.25) is 0 Å². The maximum absolute atomic E-state index is 13.2. The highest BCUT2D eigenvalue weighted by Crippen LogP contribution is 2.43. The Morgan fingerprint density at radius 3 is 2.82 bits per heavy atom. The Hall–Kier alpha value is -2.66. The first-order chi connectivity index (χ1) is 13.4. The zero-order valence-corrected chi connectivity index (χ0v) is 16.0. The number of piperidine rings is 1. The number of alkyl halides is 1. The minimum Gasteiger partial charge on any atom is -0.339 e. The van der Waals surface area contributed by atoms with Crippen LogP contribution in [-0.4, -0.2) is 40.3 Å². The van der Waals surface area contributed by atoms with Crippen molar-refractivity contribution in [2.45, 2.75) is 43.7 Å². The first-order valence-electron chi connectivity index (χ1n) is 9.14. The number of nitrogens with one attached hydrogen (secondary N) is 1. The van der Waals surface area contributed by atoms with Crippen molar-refractivity contribution >= 4 is 23.3 Å². The van der Waals surface area contributed by atoms with Crippen LogP contribution >= 0.6 is 11.6 Å². The van der Waals surface area contributed by atoms with E-state index in [4.69, 9.17) is 16.1 Å². The fourth-order valence-corrected chi connectivity index (χ4v) is 3.63. The van der Waals surface area contributed by atoms with Crippen molar-refractivity contribution in [1.29, 1.82) is 5.26 Å². The van der Waals surface area contributed by atoms with E-state index in [1.54, 1.807) is 23.1 Å². The number of hydrogen-bond donors (Lipinski definition) is 1. The Morgan fingerprint density at radius 1 is 1.46 bits per heavy atom. The van der Waals surface area contributed by atoms with Crippen LogP contribution in [0.4, 0.5) is 14.9 Å². The number of nitrogens with zero attached hydrogens (tertiary/aromatic N) is 4. The number of anilines is 1. The predicted octanol–water partition coefficient (Wildman–Crippen LogP) is 4.01.